The number of aromatic nitrogens is 4. The molecule has 0 unspecified atom stereocenters. The Kier molecular flexibility index (Phi) is 4.86. The summed E-state index contributed by atoms with van der Waals surface area (Å²) in [6.07, 6.45) is -0.932. The number of ether oxygens (including phenoxy) is 1. The van der Waals surface area contributed by atoms with Crippen LogP contribution in [0, 0.1) is 5.82 Å². The molecule has 0 saturated heterocycles. The van der Waals surface area contributed by atoms with Crippen LogP contribution < -0.4 is 5.56 Å². The quantitative estimate of drug-likeness (QED) is 0.518. The molecule has 29 heavy (non-hydrogen) atoms. The highest BCUT2D eigenvalue weighted by atomic mass is 19.1. The fourth-order valence-electron chi connectivity index (χ4n) is 2.84. The molecule has 0 spiro atoms. The first-order valence-electron chi connectivity index (χ1n) is 8.76. The molecule has 0 aliphatic heterocycles. The summed E-state index contributed by atoms with van der Waals surface area (Å²) < 4.78 is 23.9. The van der Waals surface area contributed by atoms with Gasteiger partial charge in [-0.1, -0.05) is 18.2 Å². The zero-order valence-electron chi connectivity index (χ0n) is 15.3. The number of rotatable bonds is 5. The summed E-state index contributed by atoms with van der Waals surface area (Å²) in [5.41, 5.74) is 0.618. The van der Waals surface area contributed by atoms with Gasteiger partial charge in [0.25, 0.3) is 11.4 Å². The smallest absolute Gasteiger partial charge is 0.312 e. The lowest BCUT2D eigenvalue weighted by atomic mass is 10.1. The van der Waals surface area contributed by atoms with E-state index in [1.807, 2.05) is 0 Å². The number of hydrogen-bond acceptors (Lipinski definition) is 7. The summed E-state index contributed by atoms with van der Waals surface area (Å²) in [6, 6.07) is 12.5. The van der Waals surface area contributed by atoms with Crippen molar-refractivity contribution < 1.29 is 18.3 Å². The maximum Gasteiger partial charge on any atom is 0.312 e. The van der Waals surface area contributed by atoms with Crippen LogP contribution in [0.2, 0.25) is 0 Å². The molecule has 0 bridgehead atoms. The molecule has 0 radical (unpaired) electrons. The summed E-state index contributed by atoms with van der Waals surface area (Å²) in [7, 11) is 0. The third-order valence-corrected chi connectivity index (χ3v) is 4.27. The van der Waals surface area contributed by atoms with Gasteiger partial charge in [-0.25, -0.2) is 9.49 Å². The highest BCUT2D eigenvalue weighted by molar-refractivity contribution is 5.86. The maximum atomic E-state index is 13.0. The molecular weight excluding hydrogens is 379 g/mol. The third kappa shape index (κ3) is 3.88. The van der Waals surface area contributed by atoms with Gasteiger partial charge in [0.1, 0.15) is 5.82 Å². The molecular formula is C20H15FN4O4. The standard InChI is InChI=1S/C20H15FN4O4/c1-11(19-24-25-20(29-19)12-6-8-13(21)9-7-12)28-17(26)10-16-14-4-2-3-5-15(14)18(27)23-22-16/h2-9,11H,10H2,1H3,(H,23,27)/t11-/m1/s1. The summed E-state index contributed by atoms with van der Waals surface area (Å²) in [6.45, 7) is 1.60. The Labute approximate surface area is 163 Å². The number of esters is 1. The Morgan fingerprint density at radius 2 is 1.86 bits per heavy atom. The molecule has 0 aliphatic rings. The van der Waals surface area contributed by atoms with Gasteiger partial charge in [0, 0.05) is 10.9 Å². The zero-order valence-corrected chi connectivity index (χ0v) is 15.3. The molecule has 1 atom stereocenters. The van der Waals surface area contributed by atoms with Gasteiger partial charge in [0.15, 0.2) is 6.10 Å². The van der Waals surface area contributed by atoms with E-state index < -0.39 is 12.1 Å². The first kappa shape index (κ1) is 18.5. The Morgan fingerprint density at radius 1 is 1.14 bits per heavy atom. The molecule has 2 aromatic carbocycles. The van der Waals surface area contributed by atoms with Gasteiger partial charge in [-0.05, 0) is 37.3 Å². The lowest BCUT2D eigenvalue weighted by Gasteiger charge is -2.10. The van der Waals surface area contributed by atoms with Crippen LogP contribution in [0.25, 0.3) is 22.2 Å². The minimum absolute atomic E-state index is 0.108. The second kappa shape index (κ2) is 7.63. The average molecular weight is 394 g/mol. The van der Waals surface area contributed by atoms with Crippen molar-refractivity contribution in [3.63, 3.8) is 0 Å². The van der Waals surface area contributed by atoms with Crippen LogP contribution in [-0.4, -0.2) is 26.4 Å². The van der Waals surface area contributed by atoms with Gasteiger partial charge in [-0.2, -0.15) is 5.10 Å². The summed E-state index contributed by atoms with van der Waals surface area (Å²) in [5.74, 6) is -0.643. The lowest BCUT2D eigenvalue weighted by molar-refractivity contribution is -0.148. The number of aromatic amines is 1. The Morgan fingerprint density at radius 3 is 2.62 bits per heavy atom. The first-order valence-corrected chi connectivity index (χ1v) is 8.76. The summed E-state index contributed by atoms with van der Waals surface area (Å²) >= 11 is 0. The SMILES string of the molecule is C[C@@H](OC(=O)Cc1n[nH]c(=O)c2ccccc12)c1nnc(-c2ccc(F)cc2)o1. The number of carbonyl (C=O) groups is 1. The number of halogens is 1. The normalized spacial score (nSPS) is 12.1. The second-order valence-corrected chi connectivity index (χ2v) is 6.31. The molecule has 0 aliphatic carbocycles. The number of fused-ring (bicyclic) bond motifs is 1. The van der Waals surface area contributed by atoms with Gasteiger partial charge < -0.3 is 9.15 Å². The van der Waals surface area contributed by atoms with Gasteiger partial charge >= 0.3 is 5.97 Å². The van der Waals surface area contributed by atoms with Crippen LogP contribution in [0.15, 0.2) is 57.7 Å². The van der Waals surface area contributed by atoms with Crippen molar-refractivity contribution in [2.45, 2.75) is 19.4 Å². The third-order valence-electron chi connectivity index (χ3n) is 4.27. The van der Waals surface area contributed by atoms with Crippen LogP contribution in [-0.2, 0) is 16.0 Å². The lowest BCUT2D eigenvalue weighted by Crippen LogP contribution is -2.16. The fraction of sp³-hybridized carbons (Fsp3) is 0.150. The highest BCUT2D eigenvalue weighted by Gasteiger charge is 2.20. The van der Waals surface area contributed by atoms with Gasteiger partial charge in [-0.15, -0.1) is 10.2 Å². The van der Waals surface area contributed by atoms with E-state index in [-0.39, 0.29) is 29.6 Å². The van der Waals surface area contributed by atoms with Crippen LogP contribution in [0.4, 0.5) is 4.39 Å². The Hall–Kier alpha value is -3.88. The molecule has 4 aromatic rings. The molecule has 0 fully saturated rings. The van der Waals surface area contributed by atoms with Crippen molar-refractivity contribution in [2.24, 2.45) is 0 Å². The number of H-pyrrole nitrogens is 1. The fourth-order valence-corrected chi connectivity index (χ4v) is 2.84. The number of nitrogens with one attached hydrogen (secondary N) is 1. The van der Waals surface area contributed by atoms with E-state index in [2.05, 4.69) is 20.4 Å². The van der Waals surface area contributed by atoms with E-state index in [1.165, 1.54) is 24.3 Å². The molecule has 2 aromatic heterocycles. The summed E-state index contributed by atoms with van der Waals surface area (Å²) in [4.78, 5) is 24.2. The van der Waals surface area contributed by atoms with E-state index in [9.17, 15) is 14.0 Å². The molecule has 9 heteroatoms. The largest absolute Gasteiger partial charge is 0.452 e. The van der Waals surface area contributed by atoms with E-state index in [0.717, 1.165) is 0 Å². The number of carbonyl (C=O) groups excluding carboxylic acids is 1. The van der Waals surface area contributed by atoms with E-state index in [0.29, 0.717) is 22.0 Å². The maximum absolute atomic E-state index is 13.0. The number of benzene rings is 2. The van der Waals surface area contributed by atoms with Gasteiger partial charge in [0.2, 0.25) is 5.89 Å². The Bertz CT molecular complexity index is 1230. The van der Waals surface area contributed by atoms with Gasteiger partial charge in [-0.3, -0.25) is 9.59 Å². The molecule has 0 saturated carbocycles. The van der Waals surface area contributed by atoms with Crippen LogP contribution in [0.1, 0.15) is 24.6 Å². The van der Waals surface area contributed by atoms with E-state index in [1.54, 1.807) is 31.2 Å². The molecule has 0 amide bonds. The second-order valence-electron chi connectivity index (χ2n) is 6.31. The Balaban J connectivity index is 1.47. The van der Waals surface area contributed by atoms with Crippen LogP contribution >= 0.6 is 0 Å². The zero-order chi connectivity index (χ0) is 20.4. The van der Waals surface area contributed by atoms with Crippen LogP contribution in [0.3, 0.4) is 0 Å². The van der Waals surface area contributed by atoms with Crippen LogP contribution in [0.5, 0.6) is 0 Å². The van der Waals surface area contributed by atoms with Crippen molar-refractivity contribution in [3.05, 3.63) is 76.3 Å². The monoisotopic (exact) mass is 394 g/mol. The summed E-state index contributed by atoms with van der Waals surface area (Å²) in [5, 5.41) is 15.1. The minimum atomic E-state index is -0.793. The van der Waals surface area contributed by atoms with Crippen molar-refractivity contribution >= 4 is 16.7 Å². The predicted molar refractivity (Wildman–Crippen MR) is 100 cm³/mol. The topological polar surface area (TPSA) is 111 Å². The first-order chi connectivity index (χ1) is 14.0. The minimum Gasteiger partial charge on any atom is -0.452 e. The van der Waals surface area contributed by atoms with Crippen molar-refractivity contribution in [1.82, 2.24) is 20.4 Å². The molecule has 4 rings (SSSR count). The average Bonchev–Trinajstić information content (AvgIpc) is 3.21. The predicted octanol–water partition coefficient (Wildman–Crippen LogP) is 2.96. The number of nitrogens with zero attached hydrogens (tertiary/aromatic N) is 3. The molecule has 2 heterocycles. The molecule has 8 nitrogen and oxygen atoms in total. The van der Waals surface area contributed by atoms with Crippen molar-refractivity contribution in [2.75, 3.05) is 0 Å². The van der Waals surface area contributed by atoms with E-state index in [4.69, 9.17) is 9.15 Å². The van der Waals surface area contributed by atoms with Crippen molar-refractivity contribution in [3.8, 4) is 11.5 Å². The molecule has 1 N–H and O–H groups in total. The van der Waals surface area contributed by atoms with Crippen molar-refractivity contribution in [1.29, 1.82) is 0 Å². The number of hydrogen-bond donors (Lipinski definition) is 1. The van der Waals surface area contributed by atoms with Gasteiger partial charge in [0.05, 0.1) is 17.5 Å². The molecule has 146 valence electrons. The van der Waals surface area contributed by atoms with E-state index >= 15 is 0 Å². The highest BCUT2D eigenvalue weighted by Crippen LogP contribution is 2.23.